The normalized spacial score (nSPS) is 16.1. The van der Waals surface area contributed by atoms with E-state index in [1.165, 1.54) is 13.2 Å². The van der Waals surface area contributed by atoms with E-state index in [0.29, 0.717) is 18.7 Å². The van der Waals surface area contributed by atoms with Crippen LogP contribution in [0.4, 0.5) is 0 Å². The molecule has 1 aliphatic heterocycles. The Morgan fingerprint density at radius 3 is 2.72 bits per heavy atom. The first-order valence-corrected chi connectivity index (χ1v) is 9.11. The molecule has 1 heterocycles. The summed E-state index contributed by atoms with van der Waals surface area (Å²) >= 11 is 0. The van der Waals surface area contributed by atoms with Crippen LogP contribution in [0, 0.1) is 0 Å². The highest BCUT2D eigenvalue weighted by molar-refractivity contribution is 7.90. The first kappa shape index (κ1) is 18.9. The molecule has 136 valence electrons. The Bertz CT molecular complexity index is 776. The van der Waals surface area contributed by atoms with Crippen molar-refractivity contribution in [3.8, 4) is 0 Å². The van der Waals surface area contributed by atoms with Crippen molar-refractivity contribution in [2.75, 3.05) is 33.4 Å². The minimum absolute atomic E-state index is 0.0404. The summed E-state index contributed by atoms with van der Waals surface area (Å²) in [5.41, 5.74) is 0.487. The molecule has 0 bridgehead atoms. The SMILES string of the molecule is COCCNC(=O)CNC(=O)CCN=C1NS(=O)(=O)c2ccccc21. The van der Waals surface area contributed by atoms with Gasteiger partial charge in [-0.05, 0) is 12.1 Å². The van der Waals surface area contributed by atoms with Crippen LogP contribution in [0.3, 0.4) is 0 Å². The fourth-order valence-corrected chi connectivity index (χ4v) is 3.39. The number of methoxy groups -OCH3 is 1. The number of carbonyl (C=O) groups is 2. The number of benzene rings is 1. The average molecular weight is 368 g/mol. The molecule has 0 aliphatic carbocycles. The lowest BCUT2D eigenvalue weighted by atomic mass is 10.2. The van der Waals surface area contributed by atoms with Crippen molar-refractivity contribution in [2.45, 2.75) is 11.3 Å². The van der Waals surface area contributed by atoms with Crippen molar-refractivity contribution in [1.29, 1.82) is 0 Å². The number of sulfonamides is 1. The second kappa shape index (κ2) is 8.58. The summed E-state index contributed by atoms with van der Waals surface area (Å²) < 4.78 is 31.0. The van der Waals surface area contributed by atoms with Gasteiger partial charge in [0.05, 0.1) is 24.6 Å². The van der Waals surface area contributed by atoms with Crippen molar-refractivity contribution >= 4 is 27.7 Å². The van der Waals surface area contributed by atoms with Crippen LogP contribution in [-0.2, 0) is 24.3 Å². The molecule has 0 saturated heterocycles. The van der Waals surface area contributed by atoms with Gasteiger partial charge in [0.1, 0.15) is 5.84 Å². The smallest absolute Gasteiger partial charge is 0.263 e. The molecule has 25 heavy (non-hydrogen) atoms. The van der Waals surface area contributed by atoms with Crippen LogP contribution in [-0.4, -0.2) is 59.4 Å². The Labute approximate surface area is 145 Å². The van der Waals surface area contributed by atoms with E-state index in [9.17, 15) is 18.0 Å². The summed E-state index contributed by atoms with van der Waals surface area (Å²) in [6.07, 6.45) is 0.0404. The molecule has 10 heteroatoms. The number of fused-ring (bicyclic) bond motifs is 1. The second-order valence-electron chi connectivity index (χ2n) is 5.20. The molecule has 9 nitrogen and oxygen atoms in total. The van der Waals surface area contributed by atoms with Crippen LogP contribution >= 0.6 is 0 Å². The zero-order valence-electron chi connectivity index (χ0n) is 13.7. The van der Waals surface area contributed by atoms with Crippen LogP contribution in [0.15, 0.2) is 34.2 Å². The third-order valence-corrected chi connectivity index (χ3v) is 4.74. The first-order chi connectivity index (χ1) is 11.9. The third kappa shape index (κ3) is 5.26. The molecule has 0 spiro atoms. The van der Waals surface area contributed by atoms with Crippen LogP contribution in [0.5, 0.6) is 0 Å². The zero-order valence-corrected chi connectivity index (χ0v) is 14.6. The zero-order chi connectivity index (χ0) is 18.3. The largest absolute Gasteiger partial charge is 0.383 e. The van der Waals surface area contributed by atoms with Crippen molar-refractivity contribution in [3.63, 3.8) is 0 Å². The highest BCUT2D eigenvalue weighted by atomic mass is 32.2. The van der Waals surface area contributed by atoms with E-state index in [2.05, 4.69) is 20.3 Å². The average Bonchev–Trinajstić information content (AvgIpc) is 2.84. The van der Waals surface area contributed by atoms with Gasteiger partial charge >= 0.3 is 0 Å². The summed E-state index contributed by atoms with van der Waals surface area (Å²) in [5, 5.41) is 5.05. The molecule has 0 atom stereocenters. The van der Waals surface area contributed by atoms with Gasteiger partial charge < -0.3 is 15.4 Å². The van der Waals surface area contributed by atoms with Crippen LogP contribution in [0.1, 0.15) is 12.0 Å². The number of rotatable bonds is 8. The van der Waals surface area contributed by atoms with E-state index in [4.69, 9.17) is 4.74 Å². The molecule has 1 aliphatic rings. The lowest BCUT2D eigenvalue weighted by Gasteiger charge is -2.06. The highest BCUT2D eigenvalue weighted by Crippen LogP contribution is 2.21. The van der Waals surface area contributed by atoms with E-state index in [1.54, 1.807) is 18.2 Å². The van der Waals surface area contributed by atoms with Gasteiger partial charge in [-0.3, -0.25) is 19.3 Å². The predicted octanol–water partition coefficient (Wildman–Crippen LogP) is -1.01. The minimum atomic E-state index is -3.58. The number of aliphatic imine (C=N–C) groups is 1. The van der Waals surface area contributed by atoms with E-state index in [0.717, 1.165) is 0 Å². The Morgan fingerprint density at radius 1 is 1.20 bits per heavy atom. The fourth-order valence-electron chi connectivity index (χ4n) is 2.14. The number of amides is 2. The highest BCUT2D eigenvalue weighted by Gasteiger charge is 2.29. The maximum absolute atomic E-state index is 11.9. The second-order valence-corrected chi connectivity index (χ2v) is 6.85. The van der Waals surface area contributed by atoms with E-state index in [-0.39, 0.29) is 42.1 Å². The van der Waals surface area contributed by atoms with Crippen molar-refractivity contribution in [2.24, 2.45) is 4.99 Å². The van der Waals surface area contributed by atoms with Crippen molar-refractivity contribution < 1.29 is 22.7 Å². The quantitative estimate of drug-likeness (QED) is 0.507. The maximum atomic E-state index is 11.9. The van der Waals surface area contributed by atoms with Gasteiger partial charge in [-0.15, -0.1) is 0 Å². The van der Waals surface area contributed by atoms with Gasteiger partial charge in [0.2, 0.25) is 11.8 Å². The van der Waals surface area contributed by atoms with Crippen LogP contribution < -0.4 is 15.4 Å². The van der Waals surface area contributed by atoms with Gasteiger partial charge in [0.15, 0.2) is 0 Å². The molecular weight excluding hydrogens is 348 g/mol. The molecule has 3 N–H and O–H groups in total. The van der Waals surface area contributed by atoms with Gasteiger partial charge in [0, 0.05) is 25.6 Å². The summed E-state index contributed by atoms with van der Waals surface area (Å²) in [7, 11) is -2.06. The molecule has 1 aromatic rings. The lowest BCUT2D eigenvalue weighted by molar-refractivity contribution is -0.126. The topological polar surface area (TPSA) is 126 Å². The Morgan fingerprint density at radius 2 is 1.96 bits per heavy atom. The van der Waals surface area contributed by atoms with E-state index >= 15 is 0 Å². The number of carbonyl (C=O) groups excluding carboxylic acids is 2. The van der Waals surface area contributed by atoms with Gasteiger partial charge in [0.25, 0.3) is 10.0 Å². The molecule has 0 saturated carbocycles. The van der Waals surface area contributed by atoms with Crippen LogP contribution in [0.25, 0.3) is 0 Å². The lowest BCUT2D eigenvalue weighted by Crippen LogP contribution is -2.38. The Kier molecular flexibility index (Phi) is 6.48. The third-order valence-electron chi connectivity index (χ3n) is 3.35. The van der Waals surface area contributed by atoms with Gasteiger partial charge in [-0.25, -0.2) is 8.42 Å². The van der Waals surface area contributed by atoms with E-state index < -0.39 is 10.0 Å². The molecule has 2 rings (SSSR count). The number of hydrogen-bond donors (Lipinski definition) is 3. The van der Waals surface area contributed by atoms with Crippen LogP contribution in [0.2, 0.25) is 0 Å². The molecule has 1 aromatic carbocycles. The molecule has 0 radical (unpaired) electrons. The molecular formula is C15H20N4O5S. The predicted molar refractivity (Wildman–Crippen MR) is 90.7 cm³/mol. The summed E-state index contributed by atoms with van der Waals surface area (Å²) in [6.45, 7) is 0.741. The Balaban J connectivity index is 1.80. The summed E-state index contributed by atoms with van der Waals surface area (Å²) in [4.78, 5) is 27.4. The van der Waals surface area contributed by atoms with Gasteiger partial charge in [-0.2, -0.15) is 0 Å². The number of hydrogen-bond acceptors (Lipinski definition) is 6. The summed E-state index contributed by atoms with van der Waals surface area (Å²) in [5.74, 6) is -0.435. The first-order valence-electron chi connectivity index (χ1n) is 7.63. The standard InChI is InChI=1S/C15H20N4O5S/c1-24-9-8-16-14(21)10-18-13(20)6-7-17-15-11-4-2-3-5-12(11)25(22,23)19-15/h2-5H,6-10H2,1H3,(H,16,21)(H,17,19)(H,18,20). The van der Waals surface area contributed by atoms with Crippen molar-refractivity contribution in [3.05, 3.63) is 29.8 Å². The number of ether oxygens (including phenoxy) is 1. The molecule has 0 unspecified atom stereocenters. The van der Waals surface area contributed by atoms with Gasteiger partial charge in [-0.1, -0.05) is 12.1 Å². The maximum Gasteiger partial charge on any atom is 0.263 e. The number of nitrogens with zero attached hydrogens (tertiary/aromatic N) is 1. The van der Waals surface area contributed by atoms with Crippen molar-refractivity contribution in [1.82, 2.24) is 15.4 Å². The monoisotopic (exact) mass is 368 g/mol. The molecule has 2 amide bonds. The molecule has 0 aromatic heterocycles. The molecule has 0 fully saturated rings. The fraction of sp³-hybridized carbons (Fsp3) is 0.400. The number of amidine groups is 1. The Hall–Kier alpha value is -2.46. The number of nitrogens with one attached hydrogen (secondary N) is 3. The van der Waals surface area contributed by atoms with E-state index in [1.807, 2.05) is 0 Å². The summed E-state index contributed by atoms with van der Waals surface area (Å²) in [6, 6.07) is 6.49. The minimum Gasteiger partial charge on any atom is -0.383 e.